The van der Waals surface area contributed by atoms with Gasteiger partial charge in [-0.1, -0.05) is 29.3 Å². The van der Waals surface area contributed by atoms with Crippen molar-refractivity contribution in [1.29, 1.82) is 0 Å². The van der Waals surface area contributed by atoms with Crippen LogP contribution >= 0.6 is 0 Å². The van der Waals surface area contributed by atoms with Crippen LogP contribution in [-0.4, -0.2) is 29.0 Å². The van der Waals surface area contributed by atoms with E-state index in [2.05, 4.69) is 32.0 Å². The first kappa shape index (κ1) is 16.5. The lowest BCUT2D eigenvalue weighted by atomic mass is 9.87. The zero-order valence-electron chi connectivity index (χ0n) is 14.1. The first-order valence-corrected chi connectivity index (χ1v) is 7.77. The van der Waals surface area contributed by atoms with Crippen LogP contribution in [0.4, 0.5) is 4.79 Å². The van der Waals surface area contributed by atoms with Crippen molar-refractivity contribution in [2.75, 3.05) is 6.54 Å². The maximum absolute atomic E-state index is 12.3. The standard InChI is InChI=1S/C18H25NO3/c1-12-8-13(2)10-15(9-12)14-6-7-19(16(20)11-14)17(21)22-18(3,4)5/h8-10,14H,6-7,11H2,1-5H3. The number of aryl methyl sites for hydroxylation is 2. The molecule has 0 aliphatic carbocycles. The quantitative estimate of drug-likeness (QED) is 0.789. The van der Waals surface area contributed by atoms with Gasteiger partial charge >= 0.3 is 6.09 Å². The van der Waals surface area contributed by atoms with Gasteiger partial charge < -0.3 is 4.74 Å². The third-order valence-electron chi connectivity index (χ3n) is 3.75. The zero-order valence-corrected chi connectivity index (χ0v) is 14.1. The van der Waals surface area contributed by atoms with E-state index in [9.17, 15) is 9.59 Å². The molecule has 1 atom stereocenters. The van der Waals surface area contributed by atoms with Crippen molar-refractivity contribution in [2.24, 2.45) is 0 Å². The van der Waals surface area contributed by atoms with Crippen LogP contribution in [0.5, 0.6) is 0 Å². The van der Waals surface area contributed by atoms with Crippen LogP contribution in [-0.2, 0) is 9.53 Å². The summed E-state index contributed by atoms with van der Waals surface area (Å²) in [7, 11) is 0. The summed E-state index contributed by atoms with van der Waals surface area (Å²) in [6.07, 6.45) is 0.618. The second kappa shape index (κ2) is 6.11. The molecule has 2 amide bonds. The minimum Gasteiger partial charge on any atom is -0.443 e. The highest BCUT2D eigenvalue weighted by atomic mass is 16.6. The van der Waals surface area contributed by atoms with E-state index in [1.165, 1.54) is 21.6 Å². The molecule has 2 rings (SSSR count). The lowest BCUT2D eigenvalue weighted by Gasteiger charge is -2.32. The van der Waals surface area contributed by atoms with Gasteiger partial charge in [-0.15, -0.1) is 0 Å². The fraction of sp³-hybridized carbons (Fsp3) is 0.556. The summed E-state index contributed by atoms with van der Waals surface area (Å²) < 4.78 is 5.29. The lowest BCUT2D eigenvalue weighted by Crippen LogP contribution is -2.44. The molecule has 1 aromatic rings. The van der Waals surface area contributed by atoms with Gasteiger partial charge in [0.05, 0.1) is 0 Å². The molecule has 1 aliphatic rings. The SMILES string of the molecule is Cc1cc(C)cc(C2CCN(C(=O)OC(C)(C)C)C(=O)C2)c1. The lowest BCUT2D eigenvalue weighted by molar-refractivity contribution is -0.132. The number of hydrogen-bond donors (Lipinski definition) is 0. The molecule has 1 fully saturated rings. The molecule has 0 spiro atoms. The van der Waals surface area contributed by atoms with Gasteiger partial charge in [0.15, 0.2) is 0 Å². The average molecular weight is 303 g/mol. The van der Waals surface area contributed by atoms with Gasteiger partial charge in [-0.25, -0.2) is 9.69 Å². The fourth-order valence-electron chi connectivity index (χ4n) is 2.87. The molecule has 22 heavy (non-hydrogen) atoms. The van der Waals surface area contributed by atoms with Crippen LogP contribution in [0.15, 0.2) is 18.2 Å². The van der Waals surface area contributed by atoms with Gasteiger partial charge in [0.1, 0.15) is 5.60 Å². The molecule has 1 aromatic carbocycles. The molecular formula is C18H25NO3. The number of hydrogen-bond acceptors (Lipinski definition) is 3. The molecule has 4 heteroatoms. The predicted molar refractivity (Wildman–Crippen MR) is 85.8 cm³/mol. The molecule has 1 unspecified atom stereocenters. The van der Waals surface area contributed by atoms with Crippen LogP contribution in [0.1, 0.15) is 56.2 Å². The van der Waals surface area contributed by atoms with Crippen molar-refractivity contribution in [1.82, 2.24) is 4.90 Å². The highest BCUT2D eigenvalue weighted by molar-refractivity contribution is 5.93. The normalized spacial score (nSPS) is 19.2. The molecule has 4 nitrogen and oxygen atoms in total. The van der Waals surface area contributed by atoms with Gasteiger partial charge in [0.2, 0.25) is 5.91 Å². The van der Waals surface area contributed by atoms with E-state index in [4.69, 9.17) is 4.74 Å². The number of carbonyl (C=O) groups is 2. The highest BCUT2D eigenvalue weighted by Gasteiger charge is 2.33. The van der Waals surface area contributed by atoms with E-state index in [0.29, 0.717) is 13.0 Å². The third kappa shape index (κ3) is 4.09. The van der Waals surface area contributed by atoms with Crippen LogP contribution in [0.25, 0.3) is 0 Å². The van der Waals surface area contributed by atoms with E-state index in [0.717, 1.165) is 6.42 Å². The Balaban J connectivity index is 2.06. The molecule has 0 N–H and O–H groups in total. The molecule has 0 bridgehead atoms. The summed E-state index contributed by atoms with van der Waals surface area (Å²) in [4.78, 5) is 25.6. The van der Waals surface area contributed by atoms with Gasteiger partial charge in [-0.2, -0.15) is 0 Å². The molecule has 0 radical (unpaired) electrons. The number of ether oxygens (including phenoxy) is 1. The summed E-state index contributed by atoms with van der Waals surface area (Å²) >= 11 is 0. The maximum Gasteiger partial charge on any atom is 0.417 e. The van der Waals surface area contributed by atoms with Crippen molar-refractivity contribution in [3.8, 4) is 0 Å². The van der Waals surface area contributed by atoms with Gasteiger partial charge in [0.25, 0.3) is 0 Å². The zero-order chi connectivity index (χ0) is 16.5. The topological polar surface area (TPSA) is 46.6 Å². The molecule has 1 aliphatic heterocycles. The summed E-state index contributed by atoms with van der Waals surface area (Å²) in [5.41, 5.74) is 3.02. The van der Waals surface area contributed by atoms with Crippen molar-refractivity contribution >= 4 is 12.0 Å². The van der Waals surface area contributed by atoms with E-state index >= 15 is 0 Å². The Hall–Kier alpha value is -1.84. The van der Waals surface area contributed by atoms with E-state index in [1.54, 1.807) is 20.8 Å². The summed E-state index contributed by atoms with van der Waals surface area (Å²) in [5, 5.41) is 0. The number of piperidine rings is 1. The van der Waals surface area contributed by atoms with E-state index in [1.807, 2.05) is 0 Å². The van der Waals surface area contributed by atoms with Crippen LogP contribution in [0.3, 0.4) is 0 Å². The molecule has 0 saturated carbocycles. The van der Waals surface area contributed by atoms with Crippen LogP contribution in [0.2, 0.25) is 0 Å². The summed E-state index contributed by atoms with van der Waals surface area (Å²) in [6, 6.07) is 6.39. The maximum atomic E-state index is 12.3. The Kier molecular flexibility index (Phi) is 4.59. The van der Waals surface area contributed by atoms with Crippen molar-refractivity contribution in [3.05, 3.63) is 34.9 Å². The number of amides is 2. The predicted octanol–water partition coefficient (Wildman–Crippen LogP) is 3.94. The largest absolute Gasteiger partial charge is 0.443 e. The number of imide groups is 1. The third-order valence-corrected chi connectivity index (χ3v) is 3.75. The summed E-state index contributed by atoms with van der Waals surface area (Å²) in [6.45, 7) is 9.96. The highest BCUT2D eigenvalue weighted by Crippen LogP contribution is 2.30. The van der Waals surface area contributed by atoms with Crippen molar-refractivity contribution in [2.45, 2.75) is 59.0 Å². The molecule has 120 valence electrons. The second-order valence-electron chi connectivity index (χ2n) is 7.14. The fourth-order valence-corrected chi connectivity index (χ4v) is 2.87. The molecule has 0 aromatic heterocycles. The van der Waals surface area contributed by atoms with Gasteiger partial charge in [0, 0.05) is 13.0 Å². The Morgan fingerprint density at radius 1 is 1.18 bits per heavy atom. The van der Waals surface area contributed by atoms with E-state index in [-0.39, 0.29) is 11.8 Å². The minimum absolute atomic E-state index is 0.148. The Labute approximate surface area is 132 Å². The van der Waals surface area contributed by atoms with Crippen molar-refractivity contribution in [3.63, 3.8) is 0 Å². The van der Waals surface area contributed by atoms with Gasteiger partial charge in [-0.05, 0) is 52.5 Å². The number of benzene rings is 1. The number of likely N-dealkylation sites (tertiary alicyclic amines) is 1. The van der Waals surface area contributed by atoms with Crippen molar-refractivity contribution < 1.29 is 14.3 Å². The average Bonchev–Trinajstić information content (AvgIpc) is 2.35. The molecular weight excluding hydrogens is 278 g/mol. The minimum atomic E-state index is -0.581. The smallest absolute Gasteiger partial charge is 0.417 e. The number of rotatable bonds is 1. The second-order valence-corrected chi connectivity index (χ2v) is 7.14. The molecule has 1 heterocycles. The monoisotopic (exact) mass is 303 g/mol. The first-order chi connectivity index (χ1) is 10.2. The van der Waals surface area contributed by atoms with Gasteiger partial charge in [-0.3, -0.25) is 4.79 Å². The van der Waals surface area contributed by atoms with E-state index < -0.39 is 11.7 Å². The Morgan fingerprint density at radius 2 is 1.77 bits per heavy atom. The number of carbonyl (C=O) groups excluding carboxylic acids is 2. The summed E-state index contributed by atoms with van der Waals surface area (Å²) in [5.74, 6) is 0.0365. The molecule has 1 saturated heterocycles. The van der Waals surface area contributed by atoms with Crippen LogP contribution in [0, 0.1) is 13.8 Å². The van der Waals surface area contributed by atoms with Crippen LogP contribution < -0.4 is 0 Å². The Bertz CT molecular complexity index is 566. The first-order valence-electron chi connectivity index (χ1n) is 7.77. The number of nitrogens with zero attached hydrogens (tertiary/aromatic N) is 1. The Morgan fingerprint density at radius 3 is 2.27 bits per heavy atom.